The zero-order chi connectivity index (χ0) is 19.1. The van der Waals surface area contributed by atoms with E-state index in [0.29, 0.717) is 36.4 Å². The van der Waals surface area contributed by atoms with Crippen LogP contribution in [0.15, 0.2) is 27.6 Å². The second-order valence-corrected chi connectivity index (χ2v) is 5.74. The number of aromatic nitrogens is 1. The smallest absolute Gasteiger partial charge is 0.221 e. The van der Waals surface area contributed by atoms with E-state index in [1.54, 1.807) is 14.2 Å². The number of hydrogen-bond acceptors (Lipinski definition) is 5. The van der Waals surface area contributed by atoms with E-state index < -0.39 is 0 Å². The Morgan fingerprint density at radius 1 is 1.27 bits per heavy atom. The molecule has 0 radical (unpaired) electrons. The first-order valence-corrected chi connectivity index (χ1v) is 8.25. The van der Waals surface area contributed by atoms with Gasteiger partial charge in [0.05, 0.1) is 25.0 Å². The number of guanidine groups is 1. The van der Waals surface area contributed by atoms with E-state index in [-0.39, 0.29) is 5.91 Å². The number of methoxy groups -OCH3 is 1. The molecule has 1 aromatic carbocycles. The summed E-state index contributed by atoms with van der Waals surface area (Å²) in [5, 5.41) is 9.13. The van der Waals surface area contributed by atoms with Crippen LogP contribution >= 0.6 is 0 Å². The van der Waals surface area contributed by atoms with E-state index in [0.717, 1.165) is 17.0 Å². The van der Waals surface area contributed by atoms with Crippen LogP contribution in [-0.2, 0) is 17.9 Å². The van der Waals surface area contributed by atoms with Gasteiger partial charge in [0, 0.05) is 20.5 Å². The number of nitrogens with one attached hydrogen (secondary N) is 3. The highest BCUT2D eigenvalue weighted by atomic mass is 16.5. The summed E-state index contributed by atoms with van der Waals surface area (Å²) in [6, 6.07) is 5.60. The molecule has 0 unspecified atom stereocenters. The third-order valence-electron chi connectivity index (χ3n) is 3.74. The molecule has 0 spiro atoms. The quantitative estimate of drug-likeness (QED) is 0.539. The molecular weight excluding hydrogens is 334 g/mol. The molecule has 2 aromatic rings. The van der Waals surface area contributed by atoms with Gasteiger partial charge in [0.25, 0.3) is 0 Å². The summed E-state index contributed by atoms with van der Waals surface area (Å²) in [4.78, 5) is 19.8. The maximum absolute atomic E-state index is 11.3. The third-order valence-corrected chi connectivity index (χ3v) is 3.74. The molecule has 8 nitrogen and oxygen atoms in total. The van der Waals surface area contributed by atoms with Crippen LogP contribution in [0.4, 0.5) is 5.69 Å². The topological polar surface area (TPSA) is 101 Å². The highest BCUT2D eigenvalue weighted by molar-refractivity contribution is 5.90. The lowest BCUT2D eigenvalue weighted by Gasteiger charge is -2.13. The van der Waals surface area contributed by atoms with Gasteiger partial charge in [-0.15, -0.1) is 0 Å². The van der Waals surface area contributed by atoms with Crippen molar-refractivity contribution in [2.24, 2.45) is 4.99 Å². The molecule has 0 aliphatic carbocycles. The van der Waals surface area contributed by atoms with Crippen LogP contribution in [0.3, 0.4) is 0 Å². The maximum Gasteiger partial charge on any atom is 0.221 e. The first kappa shape index (κ1) is 19.3. The number of anilines is 1. The summed E-state index contributed by atoms with van der Waals surface area (Å²) in [5.41, 5.74) is 2.49. The number of oxazole rings is 1. The average molecular weight is 359 g/mol. The fraction of sp³-hybridized carbons (Fsp3) is 0.389. The number of carbonyl (C=O) groups excluding carboxylic acids is 1. The number of benzene rings is 1. The van der Waals surface area contributed by atoms with Crippen molar-refractivity contribution in [3.8, 4) is 5.75 Å². The molecule has 2 rings (SSSR count). The number of hydrogen-bond donors (Lipinski definition) is 3. The van der Waals surface area contributed by atoms with Gasteiger partial charge in [0.15, 0.2) is 5.96 Å². The average Bonchev–Trinajstić information content (AvgIpc) is 2.92. The Bertz CT molecular complexity index is 779. The first-order chi connectivity index (χ1) is 12.4. The van der Waals surface area contributed by atoms with E-state index in [9.17, 15) is 4.79 Å². The number of amides is 1. The van der Waals surface area contributed by atoms with Crippen LogP contribution in [0, 0.1) is 13.8 Å². The summed E-state index contributed by atoms with van der Waals surface area (Å²) < 4.78 is 10.8. The fourth-order valence-electron chi connectivity index (χ4n) is 2.33. The Morgan fingerprint density at radius 2 is 2.00 bits per heavy atom. The first-order valence-electron chi connectivity index (χ1n) is 8.25. The minimum Gasteiger partial charge on any atom is -0.495 e. The molecule has 0 aliphatic rings. The molecule has 0 atom stereocenters. The monoisotopic (exact) mass is 359 g/mol. The molecule has 0 bridgehead atoms. The summed E-state index contributed by atoms with van der Waals surface area (Å²) in [7, 11) is 3.26. The molecule has 1 amide bonds. The highest BCUT2D eigenvalue weighted by Crippen LogP contribution is 2.25. The number of carbonyl (C=O) groups is 1. The van der Waals surface area contributed by atoms with Crippen molar-refractivity contribution in [1.82, 2.24) is 15.6 Å². The Labute approximate surface area is 153 Å². The maximum atomic E-state index is 11.3. The number of nitrogens with zero attached hydrogens (tertiary/aromatic N) is 2. The summed E-state index contributed by atoms with van der Waals surface area (Å²) in [6.45, 7) is 6.22. The van der Waals surface area contributed by atoms with Gasteiger partial charge in [-0.25, -0.2) is 4.98 Å². The van der Waals surface area contributed by atoms with Crippen LogP contribution in [0.1, 0.15) is 29.8 Å². The van der Waals surface area contributed by atoms with E-state index in [2.05, 4.69) is 25.9 Å². The molecule has 0 fully saturated rings. The molecule has 0 aliphatic heterocycles. The minimum atomic E-state index is -0.151. The Kier molecular flexibility index (Phi) is 6.60. The lowest BCUT2D eigenvalue weighted by molar-refractivity contribution is -0.114. The van der Waals surface area contributed by atoms with Gasteiger partial charge in [0.1, 0.15) is 11.5 Å². The van der Waals surface area contributed by atoms with Crippen LogP contribution in [0.2, 0.25) is 0 Å². The molecule has 0 saturated carbocycles. The zero-order valence-corrected chi connectivity index (χ0v) is 15.8. The van der Waals surface area contributed by atoms with E-state index in [1.165, 1.54) is 6.92 Å². The van der Waals surface area contributed by atoms with Crippen LogP contribution in [-0.4, -0.2) is 31.0 Å². The fourth-order valence-corrected chi connectivity index (χ4v) is 2.33. The van der Waals surface area contributed by atoms with Crippen LogP contribution in [0.5, 0.6) is 5.75 Å². The molecular formula is C18H25N5O3. The van der Waals surface area contributed by atoms with Gasteiger partial charge in [-0.1, -0.05) is 6.07 Å². The zero-order valence-electron chi connectivity index (χ0n) is 15.8. The van der Waals surface area contributed by atoms with E-state index >= 15 is 0 Å². The molecule has 8 heteroatoms. The van der Waals surface area contributed by atoms with Crippen molar-refractivity contribution in [3.63, 3.8) is 0 Å². The van der Waals surface area contributed by atoms with Crippen LogP contribution in [0.25, 0.3) is 0 Å². The summed E-state index contributed by atoms with van der Waals surface area (Å²) in [5.74, 6) is 2.51. The second-order valence-electron chi connectivity index (χ2n) is 5.74. The van der Waals surface area contributed by atoms with E-state index in [4.69, 9.17) is 9.15 Å². The Hall–Kier alpha value is -3.03. The molecule has 3 N–H and O–H groups in total. The minimum absolute atomic E-state index is 0.151. The number of ether oxygens (including phenoxy) is 1. The normalized spacial score (nSPS) is 11.2. The molecule has 140 valence electrons. The van der Waals surface area contributed by atoms with E-state index in [1.807, 2.05) is 32.0 Å². The lowest BCUT2D eigenvalue weighted by Crippen LogP contribution is -2.36. The summed E-state index contributed by atoms with van der Waals surface area (Å²) in [6.07, 6.45) is 0. The predicted molar refractivity (Wildman–Crippen MR) is 100 cm³/mol. The molecule has 26 heavy (non-hydrogen) atoms. The molecule has 0 saturated heterocycles. The molecule has 1 heterocycles. The van der Waals surface area contributed by atoms with Crippen molar-refractivity contribution in [1.29, 1.82) is 0 Å². The largest absolute Gasteiger partial charge is 0.495 e. The van der Waals surface area contributed by atoms with Crippen LogP contribution < -0.4 is 20.7 Å². The highest BCUT2D eigenvalue weighted by Gasteiger charge is 2.08. The van der Waals surface area contributed by atoms with Crippen molar-refractivity contribution in [2.75, 3.05) is 19.5 Å². The number of aryl methyl sites for hydroxylation is 2. The number of aliphatic imine (C=N–C) groups is 1. The van der Waals surface area contributed by atoms with Crippen molar-refractivity contribution < 1.29 is 13.9 Å². The number of rotatable bonds is 6. The van der Waals surface area contributed by atoms with Gasteiger partial charge in [-0.05, 0) is 31.5 Å². The van der Waals surface area contributed by atoms with Gasteiger partial charge in [-0.3, -0.25) is 9.79 Å². The van der Waals surface area contributed by atoms with Crippen molar-refractivity contribution in [2.45, 2.75) is 33.9 Å². The SMILES string of the molecule is CN=C(NCc1ccc(OC)c(NC(C)=O)c1)NCc1nc(C)c(C)o1. The predicted octanol–water partition coefficient (Wildman–Crippen LogP) is 2.12. The third kappa shape index (κ3) is 5.23. The Morgan fingerprint density at radius 3 is 2.58 bits per heavy atom. The van der Waals surface area contributed by atoms with Gasteiger partial charge >= 0.3 is 0 Å². The van der Waals surface area contributed by atoms with Crippen molar-refractivity contribution in [3.05, 3.63) is 41.1 Å². The van der Waals surface area contributed by atoms with Gasteiger partial charge < -0.3 is 25.1 Å². The second kappa shape index (κ2) is 8.89. The lowest BCUT2D eigenvalue weighted by atomic mass is 10.2. The van der Waals surface area contributed by atoms with Gasteiger partial charge in [0.2, 0.25) is 11.8 Å². The Balaban J connectivity index is 1.96. The summed E-state index contributed by atoms with van der Waals surface area (Å²) >= 11 is 0. The standard InChI is InChI=1S/C18H25N5O3/c1-11-12(2)26-17(22-11)10-21-18(19-4)20-9-14-6-7-16(25-5)15(8-14)23-13(3)24/h6-8H,9-10H2,1-5H3,(H,23,24)(H2,19,20,21). The molecule has 1 aromatic heterocycles. The van der Waals surface area contributed by atoms with Crippen molar-refractivity contribution >= 4 is 17.6 Å². The van der Waals surface area contributed by atoms with Gasteiger partial charge in [-0.2, -0.15) is 0 Å².